The quantitative estimate of drug-likeness (QED) is 0.788. The normalized spacial score (nSPS) is 23.9. The van der Waals surface area contributed by atoms with Crippen molar-refractivity contribution in [2.75, 3.05) is 26.9 Å². The molecule has 6 nitrogen and oxygen atoms in total. The Kier molecular flexibility index (Phi) is 4.59. The molecule has 0 radical (unpaired) electrons. The fourth-order valence-electron chi connectivity index (χ4n) is 1.86. The van der Waals surface area contributed by atoms with Gasteiger partial charge in [-0.1, -0.05) is 0 Å². The van der Waals surface area contributed by atoms with Crippen molar-refractivity contribution in [2.24, 2.45) is 5.73 Å². The van der Waals surface area contributed by atoms with Gasteiger partial charge in [0.25, 0.3) is 0 Å². The van der Waals surface area contributed by atoms with Crippen LogP contribution in [0.25, 0.3) is 0 Å². The molecule has 0 bridgehead atoms. The molecule has 1 unspecified atom stereocenters. The maximum Gasteiger partial charge on any atom is 0.250 e. The van der Waals surface area contributed by atoms with Crippen LogP contribution >= 0.6 is 11.3 Å². The Labute approximate surface area is 116 Å². The standard InChI is InChI=1S/C11H18N2O4S2/c1-16-11(2-3-17-8-11)7-13-19(14,15)10-4-9(5-12)6-18-10/h4,6,13H,2-3,5,7-8,12H2,1H3. The lowest BCUT2D eigenvalue weighted by Gasteiger charge is -2.25. The number of sulfonamides is 1. The van der Waals surface area contributed by atoms with Crippen LogP contribution in [-0.4, -0.2) is 40.9 Å². The molecule has 1 fully saturated rings. The van der Waals surface area contributed by atoms with Crippen LogP contribution in [0.15, 0.2) is 15.7 Å². The van der Waals surface area contributed by atoms with Gasteiger partial charge in [0.15, 0.2) is 0 Å². The van der Waals surface area contributed by atoms with Crippen LogP contribution in [-0.2, 0) is 26.0 Å². The summed E-state index contributed by atoms with van der Waals surface area (Å²) in [6.45, 7) is 1.54. The first-order chi connectivity index (χ1) is 9.01. The number of rotatable bonds is 6. The minimum atomic E-state index is -3.51. The summed E-state index contributed by atoms with van der Waals surface area (Å²) in [4.78, 5) is 0. The maximum atomic E-state index is 12.1. The van der Waals surface area contributed by atoms with Gasteiger partial charge in [-0.3, -0.25) is 0 Å². The summed E-state index contributed by atoms with van der Waals surface area (Å²) in [6.07, 6.45) is 0.685. The Morgan fingerprint density at radius 1 is 1.63 bits per heavy atom. The van der Waals surface area contributed by atoms with Gasteiger partial charge in [0.2, 0.25) is 10.0 Å². The second-order valence-corrected chi connectivity index (χ2v) is 7.40. The molecule has 1 aliphatic rings. The number of methoxy groups -OCH3 is 1. The lowest BCUT2D eigenvalue weighted by molar-refractivity contribution is -0.0120. The van der Waals surface area contributed by atoms with Crippen molar-refractivity contribution in [3.05, 3.63) is 17.0 Å². The van der Waals surface area contributed by atoms with Crippen molar-refractivity contribution in [3.8, 4) is 0 Å². The third kappa shape index (κ3) is 3.33. The topological polar surface area (TPSA) is 90.7 Å². The Morgan fingerprint density at radius 3 is 2.95 bits per heavy atom. The van der Waals surface area contributed by atoms with E-state index < -0.39 is 15.6 Å². The average Bonchev–Trinajstić information content (AvgIpc) is 3.06. The molecule has 2 heterocycles. The van der Waals surface area contributed by atoms with E-state index in [9.17, 15) is 8.42 Å². The van der Waals surface area contributed by atoms with E-state index in [1.54, 1.807) is 18.6 Å². The van der Waals surface area contributed by atoms with Gasteiger partial charge in [0.1, 0.15) is 9.81 Å². The van der Waals surface area contributed by atoms with Crippen LogP contribution in [0, 0.1) is 0 Å². The van der Waals surface area contributed by atoms with Crippen LogP contribution in [0.4, 0.5) is 0 Å². The highest BCUT2D eigenvalue weighted by Gasteiger charge is 2.36. The van der Waals surface area contributed by atoms with Crippen molar-refractivity contribution < 1.29 is 17.9 Å². The summed E-state index contributed by atoms with van der Waals surface area (Å²) >= 11 is 1.17. The lowest BCUT2D eigenvalue weighted by atomic mass is 10.0. The molecule has 0 spiro atoms. The predicted molar refractivity (Wildman–Crippen MR) is 72.6 cm³/mol. The van der Waals surface area contributed by atoms with Crippen molar-refractivity contribution in [3.63, 3.8) is 0 Å². The van der Waals surface area contributed by atoms with E-state index in [0.717, 1.165) is 5.56 Å². The van der Waals surface area contributed by atoms with Crippen molar-refractivity contribution in [1.29, 1.82) is 0 Å². The van der Waals surface area contributed by atoms with Crippen molar-refractivity contribution in [2.45, 2.75) is 22.8 Å². The van der Waals surface area contributed by atoms with Crippen molar-refractivity contribution >= 4 is 21.4 Å². The minimum absolute atomic E-state index is 0.210. The van der Waals surface area contributed by atoms with Gasteiger partial charge in [-0.15, -0.1) is 11.3 Å². The van der Waals surface area contributed by atoms with Gasteiger partial charge in [-0.2, -0.15) is 0 Å². The minimum Gasteiger partial charge on any atom is -0.378 e. The second-order valence-electron chi connectivity index (χ2n) is 4.49. The van der Waals surface area contributed by atoms with Crippen LogP contribution in [0.5, 0.6) is 0 Å². The third-order valence-electron chi connectivity index (χ3n) is 3.21. The molecule has 1 atom stereocenters. The predicted octanol–water partition coefficient (Wildman–Crippen LogP) is 0.291. The van der Waals surface area contributed by atoms with E-state index in [2.05, 4.69) is 4.72 Å². The highest BCUT2D eigenvalue weighted by atomic mass is 32.2. The molecular weight excluding hydrogens is 288 g/mol. The third-order valence-corrected chi connectivity index (χ3v) is 6.10. The molecule has 0 aliphatic carbocycles. The number of hydrogen-bond donors (Lipinski definition) is 2. The Hall–Kier alpha value is -0.510. The van der Waals surface area contributed by atoms with E-state index in [1.165, 1.54) is 11.3 Å². The molecule has 0 amide bonds. The Bertz CT molecular complexity index is 521. The molecule has 108 valence electrons. The highest BCUT2D eigenvalue weighted by Crippen LogP contribution is 2.24. The fraction of sp³-hybridized carbons (Fsp3) is 0.636. The van der Waals surface area contributed by atoms with Gasteiger partial charge in [-0.05, 0) is 17.0 Å². The van der Waals surface area contributed by atoms with E-state index in [4.69, 9.17) is 15.2 Å². The first kappa shape index (κ1) is 14.9. The first-order valence-corrected chi connectivity index (χ1v) is 8.28. The summed E-state index contributed by atoms with van der Waals surface area (Å²) in [5, 5.41) is 1.75. The van der Waals surface area contributed by atoms with E-state index in [0.29, 0.717) is 26.2 Å². The second kappa shape index (κ2) is 5.86. The molecule has 3 N–H and O–H groups in total. The summed E-state index contributed by atoms with van der Waals surface area (Å²) in [7, 11) is -1.94. The van der Waals surface area contributed by atoms with Gasteiger partial charge in [0, 0.05) is 33.2 Å². The number of hydrogen-bond acceptors (Lipinski definition) is 6. The van der Waals surface area contributed by atoms with Crippen LogP contribution in [0.1, 0.15) is 12.0 Å². The molecule has 8 heteroatoms. The van der Waals surface area contributed by atoms with Crippen molar-refractivity contribution in [1.82, 2.24) is 4.72 Å². The Morgan fingerprint density at radius 2 is 2.42 bits per heavy atom. The molecule has 1 saturated heterocycles. The molecule has 19 heavy (non-hydrogen) atoms. The largest absolute Gasteiger partial charge is 0.378 e. The molecule has 1 aromatic rings. The summed E-state index contributed by atoms with van der Waals surface area (Å²) in [6, 6.07) is 1.59. The smallest absolute Gasteiger partial charge is 0.250 e. The zero-order chi connectivity index (χ0) is 13.9. The molecule has 1 aromatic heterocycles. The SMILES string of the molecule is COC1(CNS(=O)(=O)c2cc(CN)cs2)CCOC1. The summed E-state index contributed by atoms with van der Waals surface area (Å²) < 4.78 is 37.8. The number of nitrogens with one attached hydrogen (secondary N) is 1. The molecule has 0 saturated carbocycles. The van der Waals surface area contributed by atoms with E-state index in [1.807, 2.05) is 0 Å². The summed E-state index contributed by atoms with van der Waals surface area (Å²) in [5.41, 5.74) is 5.74. The summed E-state index contributed by atoms with van der Waals surface area (Å²) in [5.74, 6) is 0. The van der Waals surface area contributed by atoms with Crippen LogP contribution in [0.3, 0.4) is 0 Å². The number of nitrogens with two attached hydrogens (primary N) is 1. The van der Waals surface area contributed by atoms with E-state index in [-0.39, 0.29) is 10.8 Å². The molecule has 1 aliphatic heterocycles. The first-order valence-electron chi connectivity index (χ1n) is 5.91. The Balaban J connectivity index is 2.05. The lowest BCUT2D eigenvalue weighted by Crippen LogP contribution is -2.44. The molecular formula is C11H18N2O4S2. The van der Waals surface area contributed by atoms with E-state index >= 15 is 0 Å². The van der Waals surface area contributed by atoms with Crippen LogP contribution < -0.4 is 10.5 Å². The maximum absolute atomic E-state index is 12.1. The highest BCUT2D eigenvalue weighted by molar-refractivity contribution is 7.91. The molecule has 2 rings (SSSR count). The molecule has 0 aromatic carbocycles. The van der Waals surface area contributed by atoms with Crippen LogP contribution in [0.2, 0.25) is 0 Å². The fourth-order valence-corrected chi connectivity index (χ4v) is 4.24. The zero-order valence-corrected chi connectivity index (χ0v) is 12.4. The van der Waals surface area contributed by atoms with Gasteiger partial charge < -0.3 is 15.2 Å². The monoisotopic (exact) mass is 306 g/mol. The van der Waals surface area contributed by atoms with Gasteiger partial charge >= 0.3 is 0 Å². The van der Waals surface area contributed by atoms with Gasteiger partial charge in [-0.25, -0.2) is 13.1 Å². The van der Waals surface area contributed by atoms with Gasteiger partial charge in [0.05, 0.1) is 6.61 Å². The average molecular weight is 306 g/mol. The zero-order valence-electron chi connectivity index (χ0n) is 10.7. The number of thiophene rings is 1. The number of ether oxygens (including phenoxy) is 2.